The van der Waals surface area contributed by atoms with Crippen molar-refractivity contribution in [2.24, 2.45) is 0 Å². The summed E-state index contributed by atoms with van der Waals surface area (Å²) < 4.78 is 11.9. The third-order valence-electron chi connectivity index (χ3n) is 7.62. The summed E-state index contributed by atoms with van der Waals surface area (Å²) >= 11 is 0. The van der Waals surface area contributed by atoms with E-state index in [-0.39, 0.29) is 12.0 Å². The van der Waals surface area contributed by atoms with Crippen LogP contribution in [-0.4, -0.2) is 42.1 Å². The number of carbonyl (C=O) groups excluding carboxylic acids is 1. The van der Waals surface area contributed by atoms with Gasteiger partial charge < -0.3 is 14.4 Å². The molecule has 5 heteroatoms. The number of para-hydroxylation sites is 3. The molecule has 1 saturated carbocycles. The lowest BCUT2D eigenvalue weighted by atomic mass is 9.84. The Morgan fingerprint density at radius 3 is 2.46 bits per heavy atom. The second kappa shape index (κ2) is 10.3. The third kappa shape index (κ3) is 4.91. The number of fused-ring (bicyclic) bond motifs is 2. The van der Waals surface area contributed by atoms with Gasteiger partial charge in [-0.3, -0.25) is 4.79 Å². The van der Waals surface area contributed by atoms with E-state index in [2.05, 4.69) is 24.3 Å². The van der Waals surface area contributed by atoms with Crippen LogP contribution in [0, 0.1) is 0 Å². The number of likely N-dealkylation sites (N-methyl/N-ethyl adjacent to an activating group) is 1. The van der Waals surface area contributed by atoms with Crippen LogP contribution in [-0.2, 0) is 0 Å². The number of hydrogen-bond acceptors (Lipinski definition) is 4. The molecule has 188 valence electrons. The summed E-state index contributed by atoms with van der Waals surface area (Å²) in [4.78, 5) is 20.4. The highest BCUT2D eigenvalue weighted by atomic mass is 16.6. The first-order chi connectivity index (χ1) is 18.2. The predicted molar refractivity (Wildman–Crippen MR) is 146 cm³/mol. The molecular formula is C32H32N2O3. The van der Waals surface area contributed by atoms with Gasteiger partial charge in [0.2, 0.25) is 0 Å². The molecule has 1 aliphatic carbocycles. The molecule has 6 rings (SSSR count). The van der Waals surface area contributed by atoms with Gasteiger partial charge in [0.25, 0.3) is 5.91 Å². The highest BCUT2D eigenvalue weighted by Gasteiger charge is 2.25. The fraction of sp³-hybridized carbons (Fsp3) is 0.312. The predicted octanol–water partition coefficient (Wildman–Crippen LogP) is 6.86. The molecule has 1 fully saturated rings. The number of rotatable bonds is 5. The van der Waals surface area contributed by atoms with Crippen molar-refractivity contribution in [3.63, 3.8) is 0 Å². The van der Waals surface area contributed by atoms with Gasteiger partial charge >= 0.3 is 0 Å². The third-order valence-corrected chi connectivity index (χ3v) is 7.62. The van der Waals surface area contributed by atoms with Crippen LogP contribution in [0.5, 0.6) is 11.5 Å². The average Bonchev–Trinajstić information content (AvgIpc) is 2.96. The molecule has 1 unspecified atom stereocenters. The highest BCUT2D eigenvalue weighted by molar-refractivity contribution is 6.07. The van der Waals surface area contributed by atoms with Crippen LogP contribution in [0.15, 0.2) is 78.9 Å². The first-order valence-corrected chi connectivity index (χ1v) is 13.3. The lowest BCUT2D eigenvalue weighted by Crippen LogP contribution is -2.41. The van der Waals surface area contributed by atoms with Gasteiger partial charge in [0.05, 0.1) is 23.3 Å². The average molecular weight is 493 g/mol. The smallest absolute Gasteiger partial charge is 0.254 e. The standard InChI is InChI=1S/C32H32N2O3/c1-34(20-25-21-36-30-13-7-8-14-31(30)37-25)32(35)27-19-29(33-28-12-6-5-11-26(27)28)24-17-15-23(16-18-24)22-9-3-2-4-10-22/h5-8,11-19,22,25H,2-4,9-10,20-21H2,1H3. The van der Waals surface area contributed by atoms with E-state index in [4.69, 9.17) is 14.5 Å². The Bertz CT molecular complexity index is 1410. The molecule has 2 heterocycles. The van der Waals surface area contributed by atoms with Gasteiger partial charge in [0, 0.05) is 18.0 Å². The normalized spacial score (nSPS) is 17.5. The number of amides is 1. The van der Waals surface area contributed by atoms with Crippen molar-refractivity contribution in [2.45, 2.75) is 44.1 Å². The Labute approximate surface area is 218 Å². The Hall–Kier alpha value is -3.86. The van der Waals surface area contributed by atoms with E-state index in [0.29, 0.717) is 30.4 Å². The zero-order valence-electron chi connectivity index (χ0n) is 21.2. The molecule has 1 amide bonds. The van der Waals surface area contributed by atoms with Crippen LogP contribution < -0.4 is 9.47 Å². The minimum absolute atomic E-state index is 0.0545. The van der Waals surface area contributed by atoms with Crippen molar-refractivity contribution in [2.75, 3.05) is 20.2 Å². The molecule has 0 N–H and O–H groups in total. The number of pyridine rings is 1. The Morgan fingerprint density at radius 1 is 0.919 bits per heavy atom. The van der Waals surface area contributed by atoms with E-state index in [0.717, 1.165) is 27.9 Å². The van der Waals surface area contributed by atoms with Crippen LogP contribution in [0.3, 0.4) is 0 Å². The molecule has 3 aromatic carbocycles. The number of hydrogen-bond donors (Lipinski definition) is 0. The van der Waals surface area contributed by atoms with Gasteiger partial charge in [-0.25, -0.2) is 4.98 Å². The minimum atomic E-state index is -0.233. The van der Waals surface area contributed by atoms with Gasteiger partial charge in [0.15, 0.2) is 17.6 Å². The molecule has 0 radical (unpaired) electrons. The second-order valence-electron chi connectivity index (χ2n) is 10.2. The molecule has 4 aromatic rings. The lowest BCUT2D eigenvalue weighted by molar-refractivity contribution is 0.0522. The molecular weight excluding hydrogens is 460 g/mol. The zero-order valence-corrected chi connectivity index (χ0v) is 21.2. The second-order valence-corrected chi connectivity index (χ2v) is 10.2. The Morgan fingerprint density at radius 2 is 1.65 bits per heavy atom. The van der Waals surface area contributed by atoms with E-state index in [1.54, 1.807) is 4.90 Å². The molecule has 1 atom stereocenters. The Balaban J connectivity index is 1.26. The van der Waals surface area contributed by atoms with Crippen molar-refractivity contribution in [1.82, 2.24) is 9.88 Å². The number of benzene rings is 3. The fourth-order valence-electron chi connectivity index (χ4n) is 5.61. The minimum Gasteiger partial charge on any atom is -0.486 e. The topological polar surface area (TPSA) is 51.7 Å². The number of aromatic nitrogens is 1. The van der Waals surface area contributed by atoms with Gasteiger partial charge in [0.1, 0.15) is 6.61 Å². The van der Waals surface area contributed by atoms with Crippen LogP contribution in [0.25, 0.3) is 22.2 Å². The summed E-state index contributed by atoms with van der Waals surface area (Å²) in [7, 11) is 1.82. The van der Waals surface area contributed by atoms with E-state index in [1.165, 1.54) is 37.7 Å². The van der Waals surface area contributed by atoms with Crippen LogP contribution in [0.2, 0.25) is 0 Å². The zero-order chi connectivity index (χ0) is 25.2. The van der Waals surface area contributed by atoms with Crippen molar-refractivity contribution in [1.29, 1.82) is 0 Å². The maximum Gasteiger partial charge on any atom is 0.254 e. The molecule has 5 nitrogen and oxygen atoms in total. The number of ether oxygens (including phenoxy) is 2. The Kier molecular flexibility index (Phi) is 6.52. The van der Waals surface area contributed by atoms with Gasteiger partial charge in [-0.2, -0.15) is 0 Å². The first-order valence-electron chi connectivity index (χ1n) is 13.3. The monoisotopic (exact) mass is 492 g/mol. The van der Waals surface area contributed by atoms with Gasteiger partial charge in [-0.15, -0.1) is 0 Å². The summed E-state index contributed by atoms with van der Waals surface area (Å²) in [6, 6.07) is 26.2. The number of nitrogens with zero attached hydrogens (tertiary/aromatic N) is 2. The van der Waals surface area contributed by atoms with Gasteiger partial charge in [-0.1, -0.05) is 73.9 Å². The largest absolute Gasteiger partial charge is 0.486 e. The highest BCUT2D eigenvalue weighted by Crippen LogP contribution is 2.34. The molecule has 0 spiro atoms. The van der Waals surface area contributed by atoms with E-state index < -0.39 is 0 Å². The fourth-order valence-corrected chi connectivity index (χ4v) is 5.61. The van der Waals surface area contributed by atoms with Crippen molar-refractivity contribution < 1.29 is 14.3 Å². The van der Waals surface area contributed by atoms with Crippen molar-refractivity contribution in [3.8, 4) is 22.8 Å². The van der Waals surface area contributed by atoms with Crippen LogP contribution >= 0.6 is 0 Å². The number of carbonyl (C=O) groups is 1. The van der Waals surface area contributed by atoms with E-state index in [1.807, 2.05) is 61.6 Å². The molecule has 1 aliphatic heterocycles. The summed E-state index contributed by atoms with van der Waals surface area (Å²) in [5.74, 6) is 2.07. The maximum absolute atomic E-state index is 13.7. The molecule has 0 bridgehead atoms. The molecule has 0 saturated heterocycles. The van der Waals surface area contributed by atoms with Crippen molar-refractivity contribution >= 4 is 16.8 Å². The quantitative estimate of drug-likeness (QED) is 0.305. The summed E-state index contributed by atoms with van der Waals surface area (Å²) in [5.41, 5.74) is 4.73. The molecule has 37 heavy (non-hydrogen) atoms. The van der Waals surface area contributed by atoms with E-state index in [9.17, 15) is 4.79 Å². The lowest BCUT2D eigenvalue weighted by Gasteiger charge is -2.29. The van der Waals surface area contributed by atoms with Crippen molar-refractivity contribution in [3.05, 3.63) is 90.0 Å². The molecule has 2 aliphatic rings. The van der Waals surface area contributed by atoms with Gasteiger partial charge in [-0.05, 0) is 48.6 Å². The first kappa shape index (κ1) is 23.5. The van der Waals surface area contributed by atoms with Crippen LogP contribution in [0.4, 0.5) is 0 Å². The van der Waals surface area contributed by atoms with Crippen LogP contribution in [0.1, 0.15) is 53.9 Å². The van der Waals surface area contributed by atoms with E-state index >= 15 is 0 Å². The maximum atomic E-state index is 13.7. The summed E-state index contributed by atoms with van der Waals surface area (Å²) in [6.45, 7) is 0.833. The SMILES string of the molecule is CN(CC1COc2ccccc2O1)C(=O)c1cc(-c2ccc(C3CCCCC3)cc2)nc2ccccc12. The molecule has 1 aromatic heterocycles. The summed E-state index contributed by atoms with van der Waals surface area (Å²) in [5, 5.41) is 0.855. The summed E-state index contributed by atoms with van der Waals surface area (Å²) in [6.07, 6.45) is 6.32.